The molecule has 1 heterocycles. The second-order valence-electron chi connectivity index (χ2n) is 4.06. The third-order valence-electron chi connectivity index (χ3n) is 3.00. The molecule has 0 amide bonds. The molecule has 86 valence electrons. The summed E-state index contributed by atoms with van der Waals surface area (Å²) in [5.41, 5.74) is 0. The van der Waals surface area contributed by atoms with Crippen LogP contribution in [0, 0.1) is 17.2 Å². The topological polar surface area (TPSA) is 27.0 Å². The monoisotopic (exact) mass is 220 g/mol. The number of halogens is 3. The largest absolute Gasteiger partial charge is 0.391 e. The molecule has 5 heteroatoms. The number of alkyl halides is 3. The maximum atomic E-state index is 12.3. The van der Waals surface area contributed by atoms with Gasteiger partial charge < -0.3 is 0 Å². The first-order valence-electron chi connectivity index (χ1n) is 5.13. The number of hydrogen-bond donors (Lipinski definition) is 0. The third kappa shape index (κ3) is 3.38. The fourth-order valence-corrected chi connectivity index (χ4v) is 1.93. The van der Waals surface area contributed by atoms with Crippen LogP contribution in [-0.2, 0) is 0 Å². The summed E-state index contributed by atoms with van der Waals surface area (Å²) in [5.74, 6) is -1.15. The van der Waals surface area contributed by atoms with E-state index in [9.17, 15) is 13.2 Å². The predicted octanol–water partition coefficient (Wildman–Crippen LogP) is 2.56. The molecule has 2 nitrogen and oxygen atoms in total. The molecule has 0 radical (unpaired) electrons. The van der Waals surface area contributed by atoms with E-state index in [4.69, 9.17) is 5.26 Å². The van der Waals surface area contributed by atoms with Crippen LogP contribution in [0.1, 0.15) is 26.2 Å². The third-order valence-corrected chi connectivity index (χ3v) is 3.00. The lowest BCUT2D eigenvalue weighted by Gasteiger charge is -2.35. The van der Waals surface area contributed by atoms with E-state index < -0.39 is 12.1 Å². The lowest BCUT2D eigenvalue weighted by Crippen LogP contribution is -2.43. The van der Waals surface area contributed by atoms with Crippen LogP contribution >= 0.6 is 0 Å². The number of rotatable bonds is 2. The highest BCUT2D eigenvalue weighted by Gasteiger charge is 2.41. The molecular weight excluding hydrogens is 205 g/mol. The molecule has 1 aliphatic heterocycles. The van der Waals surface area contributed by atoms with Crippen molar-refractivity contribution in [3.05, 3.63) is 0 Å². The molecule has 0 N–H and O–H groups in total. The summed E-state index contributed by atoms with van der Waals surface area (Å²) in [6.45, 7) is 2.79. The predicted molar refractivity (Wildman–Crippen MR) is 50.0 cm³/mol. The van der Waals surface area contributed by atoms with Gasteiger partial charge in [-0.3, -0.25) is 4.90 Å². The molecule has 0 saturated carbocycles. The van der Waals surface area contributed by atoms with Crippen LogP contribution in [0.2, 0.25) is 0 Å². The molecule has 0 bridgehead atoms. The Hall–Kier alpha value is -0.760. The van der Waals surface area contributed by atoms with E-state index in [0.717, 1.165) is 0 Å². The SMILES string of the molecule is CC(CC#N)N1CCC(C(F)(F)F)CC1. The first kappa shape index (κ1) is 12.3. The van der Waals surface area contributed by atoms with Crippen LogP contribution < -0.4 is 0 Å². The van der Waals surface area contributed by atoms with Gasteiger partial charge in [0.1, 0.15) is 0 Å². The van der Waals surface area contributed by atoms with E-state index in [-0.39, 0.29) is 18.9 Å². The Labute approximate surface area is 87.7 Å². The van der Waals surface area contributed by atoms with Crippen LogP contribution in [0.25, 0.3) is 0 Å². The number of nitrogens with zero attached hydrogens (tertiary/aromatic N) is 2. The zero-order chi connectivity index (χ0) is 11.5. The molecule has 1 fully saturated rings. The van der Waals surface area contributed by atoms with E-state index in [1.54, 1.807) is 0 Å². The van der Waals surface area contributed by atoms with Crippen molar-refractivity contribution in [3.8, 4) is 6.07 Å². The molecule has 1 aliphatic rings. The molecule has 0 aliphatic carbocycles. The second-order valence-corrected chi connectivity index (χ2v) is 4.06. The minimum atomic E-state index is -4.05. The first-order valence-corrected chi connectivity index (χ1v) is 5.13. The van der Waals surface area contributed by atoms with Gasteiger partial charge in [-0.25, -0.2) is 0 Å². The molecular formula is C10H15F3N2. The summed E-state index contributed by atoms with van der Waals surface area (Å²) in [6.07, 6.45) is -3.33. The molecule has 0 aromatic heterocycles. The molecule has 1 unspecified atom stereocenters. The quantitative estimate of drug-likeness (QED) is 0.715. The summed E-state index contributed by atoms with van der Waals surface area (Å²) in [4.78, 5) is 1.96. The minimum Gasteiger partial charge on any atom is -0.300 e. The molecule has 0 aromatic carbocycles. The van der Waals surface area contributed by atoms with Gasteiger partial charge in [-0.15, -0.1) is 0 Å². The van der Waals surface area contributed by atoms with Gasteiger partial charge in [0.15, 0.2) is 0 Å². The van der Waals surface area contributed by atoms with Crippen molar-refractivity contribution in [2.75, 3.05) is 13.1 Å². The smallest absolute Gasteiger partial charge is 0.300 e. The van der Waals surface area contributed by atoms with Gasteiger partial charge in [0.25, 0.3) is 0 Å². The van der Waals surface area contributed by atoms with Gasteiger partial charge in [-0.1, -0.05) is 0 Å². The Morgan fingerprint density at radius 1 is 1.40 bits per heavy atom. The number of hydrogen-bond acceptors (Lipinski definition) is 2. The standard InChI is InChI=1S/C10H15F3N2/c1-8(2-5-14)15-6-3-9(4-7-15)10(11,12)13/h8-9H,2-4,6-7H2,1H3. The highest BCUT2D eigenvalue weighted by Crippen LogP contribution is 2.34. The van der Waals surface area contributed by atoms with Gasteiger partial charge in [0.05, 0.1) is 18.4 Å². The van der Waals surface area contributed by atoms with Crippen molar-refractivity contribution in [2.24, 2.45) is 5.92 Å². The Balaban J connectivity index is 2.40. The van der Waals surface area contributed by atoms with E-state index in [1.807, 2.05) is 17.9 Å². The Morgan fingerprint density at radius 2 is 1.93 bits per heavy atom. The van der Waals surface area contributed by atoms with E-state index in [1.165, 1.54) is 0 Å². The average molecular weight is 220 g/mol. The lowest BCUT2D eigenvalue weighted by atomic mass is 9.95. The highest BCUT2D eigenvalue weighted by atomic mass is 19.4. The summed E-state index contributed by atoms with van der Waals surface area (Å²) in [7, 11) is 0. The van der Waals surface area contributed by atoms with Crippen LogP contribution in [0.15, 0.2) is 0 Å². The van der Waals surface area contributed by atoms with Gasteiger partial charge in [-0.2, -0.15) is 18.4 Å². The average Bonchev–Trinajstić information content (AvgIpc) is 2.17. The molecule has 0 aromatic rings. The molecule has 1 atom stereocenters. The lowest BCUT2D eigenvalue weighted by molar-refractivity contribution is -0.185. The Kier molecular flexibility index (Phi) is 3.97. The van der Waals surface area contributed by atoms with Crippen molar-refractivity contribution in [1.82, 2.24) is 4.90 Å². The van der Waals surface area contributed by atoms with Crippen molar-refractivity contribution in [3.63, 3.8) is 0 Å². The number of nitriles is 1. The maximum absolute atomic E-state index is 12.3. The fourth-order valence-electron chi connectivity index (χ4n) is 1.93. The van der Waals surface area contributed by atoms with Crippen LogP contribution in [0.3, 0.4) is 0 Å². The van der Waals surface area contributed by atoms with Crippen molar-refractivity contribution < 1.29 is 13.2 Å². The normalized spacial score (nSPS) is 22.3. The summed E-state index contributed by atoms with van der Waals surface area (Å²) < 4.78 is 37.0. The van der Waals surface area contributed by atoms with Gasteiger partial charge in [0.2, 0.25) is 0 Å². The molecule has 15 heavy (non-hydrogen) atoms. The molecule has 0 spiro atoms. The van der Waals surface area contributed by atoms with Crippen molar-refractivity contribution in [2.45, 2.75) is 38.4 Å². The second kappa shape index (κ2) is 4.84. The maximum Gasteiger partial charge on any atom is 0.391 e. The molecule has 1 rings (SSSR count). The zero-order valence-corrected chi connectivity index (χ0v) is 8.72. The fraction of sp³-hybridized carbons (Fsp3) is 0.900. The van der Waals surface area contributed by atoms with E-state index in [2.05, 4.69) is 0 Å². The summed E-state index contributed by atoms with van der Waals surface area (Å²) in [5, 5.41) is 8.49. The van der Waals surface area contributed by atoms with Crippen LogP contribution in [0.5, 0.6) is 0 Å². The zero-order valence-electron chi connectivity index (χ0n) is 8.72. The van der Waals surface area contributed by atoms with Crippen molar-refractivity contribution in [1.29, 1.82) is 5.26 Å². The van der Waals surface area contributed by atoms with Gasteiger partial charge in [0, 0.05) is 6.04 Å². The molecule has 1 saturated heterocycles. The Morgan fingerprint density at radius 3 is 2.33 bits per heavy atom. The van der Waals surface area contributed by atoms with Gasteiger partial charge >= 0.3 is 6.18 Å². The summed E-state index contributed by atoms with van der Waals surface area (Å²) >= 11 is 0. The highest BCUT2D eigenvalue weighted by molar-refractivity contribution is 4.84. The number of likely N-dealkylation sites (tertiary alicyclic amines) is 1. The van der Waals surface area contributed by atoms with E-state index in [0.29, 0.717) is 19.5 Å². The first-order chi connectivity index (χ1) is 6.95. The van der Waals surface area contributed by atoms with Crippen LogP contribution in [0.4, 0.5) is 13.2 Å². The minimum absolute atomic E-state index is 0.0733. The number of piperidine rings is 1. The van der Waals surface area contributed by atoms with E-state index >= 15 is 0 Å². The van der Waals surface area contributed by atoms with Crippen molar-refractivity contribution >= 4 is 0 Å². The van der Waals surface area contributed by atoms with Gasteiger partial charge in [-0.05, 0) is 32.9 Å². The Bertz CT molecular complexity index is 236. The van der Waals surface area contributed by atoms with Crippen LogP contribution in [-0.4, -0.2) is 30.2 Å². The summed E-state index contributed by atoms with van der Waals surface area (Å²) in [6, 6.07) is 2.12.